The number of esters is 1. The number of aromatic amines is 1. The molecule has 0 atom stereocenters. The number of anilines is 1. The smallest absolute Gasteiger partial charge is 0.490 e. The number of ether oxygens (including phenoxy) is 2. The number of carboxylic acids is 1. The number of aliphatic carboxylic acids is 1. The Hall–Kier alpha value is -4.55. The summed E-state index contributed by atoms with van der Waals surface area (Å²) in [7, 11) is 1.60. The van der Waals surface area contributed by atoms with Crippen LogP contribution < -0.4 is 15.4 Å². The normalized spacial score (nSPS) is 10.7. The minimum Gasteiger partial charge on any atom is -0.497 e. The second kappa shape index (κ2) is 14.6. The maximum atomic E-state index is 13.1. The first kappa shape index (κ1) is 31.7. The van der Waals surface area contributed by atoms with Crippen LogP contribution >= 0.6 is 0 Å². The summed E-state index contributed by atoms with van der Waals surface area (Å²) in [6.45, 7) is 4.36. The standard InChI is InChI=1S/C25H28FN3O4.C2HF3O2/c1-4-20-22(25(31)33-5-2)21(15-27-18-10-12-19(32-3)13-11-18)29-23(20)24(30)28-14-16-6-8-17(26)9-7-16;3-2(4,5)1(6)7/h6-13,27,29H,4-5,14-15H2,1-3H3,(H,28,30);(H,6,7). The van der Waals surface area contributed by atoms with E-state index in [-0.39, 0.29) is 24.9 Å². The first-order valence-corrected chi connectivity index (χ1v) is 12.0. The summed E-state index contributed by atoms with van der Waals surface area (Å²) in [4.78, 5) is 37.7. The lowest BCUT2D eigenvalue weighted by Gasteiger charge is -2.09. The number of methoxy groups -OCH3 is 1. The van der Waals surface area contributed by atoms with Crippen LogP contribution in [-0.4, -0.2) is 47.8 Å². The van der Waals surface area contributed by atoms with Crippen LogP contribution in [0.4, 0.5) is 23.2 Å². The summed E-state index contributed by atoms with van der Waals surface area (Å²) in [5.74, 6) is -3.18. The van der Waals surface area contributed by atoms with Crippen LogP contribution in [0.5, 0.6) is 5.75 Å². The first-order valence-electron chi connectivity index (χ1n) is 12.0. The van der Waals surface area contributed by atoms with Gasteiger partial charge in [0.1, 0.15) is 17.3 Å². The molecule has 0 fully saturated rings. The van der Waals surface area contributed by atoms with Crippen molar-refractivity contribution in [2.24, 2.45) is 0 Å². The van der Waals surface area contributed by atoms with Crippen molar-refractivity contribution in [2.45, 2.75) is 39.5 Å². The Morgan fingerprint density at radius 1 is 0.975 bits per heavy atom. The highest BCUT2D eigenvalue weighted by molar-refractivity contribution is 6.00. The summed E-state index contributed by atoms with van der Waals surface area (Å²) in [6, 6.07) is 13.3. The zero-order valence-electron chi connectivity index (χ0n) is 21.9. The molecule has 40 heavy (non-hydrogen) atoms. The van der Waals surface area contributed by atoms with Gasteiger partial charge in [-0.1, -0.05) is 19.1 Å². The third kappa shape index (κ3) is 9.03. The van der Waals surface area contributed by atoms with E-state index in [2.05, 4.69) is 15.6 Å². The highest BCUT2D eigenvalue weighted by Crippen LogP contribution is 2.24. The molecule has 0 saturated carbocycles. The van der Waals surface area contributed by atoms with Crippen molar-refractivity contribution in [3.05, 3.63) is 82.4 Å². The first-order chi connectivity index (χ1) is 18.9. The number of carbonyl (C=O) groups excluding carboxylic acids is 2. The lowest BCUT2D eigenvalue weighted by molar-refractivity contribution is -0.192. The molecule has 4 N–H and O–H groups in total. The Kier molecular flexibility index (Phi) is 11.5. The third-order valence-corrected chi connectivity index (χ3v) is 5.41. The molecule has 13 heteroatoms. The van der Waals surface area contributed by atoms with Crippen LogP contribution in [0, 0.1) is 5.82 Å². The Bertz CT molecular complexity index is 1290. The van der Waals surface area contributed by atoms with E-state index in [1.807, 2.05) is 31.2 Å². The van der Waals surface area contributed by atoms with Crippen molar-refractivity contribution < 1.29 is 46.5 Å². The van der Waals surface area contributed by atoms with Crippen molar-refractivity contribution in [3.63, 3.8) is 0 Å². The maximum absolute atomic E-state index is 13.1. The van der Waals surface area contributed by atoms with Gasteiger partial charge >= 0.3 is 18.1 Å². The van der Waals surface area contributed by atoms with E-state index in [0.29, 0.717) is 35.5 Å². The van der Waals surface area contributed by atoms with Crippen LogP contribution in [0.1, 0.15) is 51.5 Å². The topological polar surface area (TPSA) is 130 Å². The highest BCUT2D eigenvalue weighted by Gasteiger charge is 2.38. The van der Waals surface area contributed by atoms with Crippen LogP contribution in [0.3, 0.4) is 0 Å². The molecule has 0 unspecified atom stereocenters. The van der Waals surface area contributed by atoms with Gasteiger partial charge in [-0.2, -0.15) is 13.2 Å². The lowest BCUT2D eigenvalue weighted by atomic mass is 10.1. The monoisotopic (exact) mass is 567 g/mol. The van der Waals surface area contributed by atoms with E-state index in [1.165, 1.54) is 12.1 Å². The summed E-state index contributed by atoms with van der Waals surface area (Å²) in [5, 5.41) is 13.2. The predicted octanol–water partition coefficient (Wildman–Crippen LogP) is 5.08. The zero-order valence-corrected chi connectivity index (χ0v) is 21.9. The molecule has 1 aromatic heterocycles. The average Bonchev–Trinajstić information content (AvgIpc) is 3.30. The quantitative estimate of drug-likeness (QED) is 0.199. The molecule has 0 saturated heterocycles. The second-order valence-corrected chi connectivity index (χ2v) is 8.10. The highest BCUT2D eigenvalue weighted by atomic mass is 19.4. The average molecular weight is 568 g/mol. The number of carbonyl (C=O) groups is 3. The van der Waals surface area contributed by atoms with Crippen LogP contribution in [0.2, 0.25) is 0 Å². The van der Waals surface area contributed by atoms with Crippen LogP contribution in [0.15, 0.2) is 48.5 Å². The van der Waals surface area contributed by atoms with Gasteiger partial charge in [0, 0.05) is 17.9 Å². The molecule has 0 aliphatic heterocycles. The van der Waals surface area contributed by atoms with Gasteiger partial charge in [-0.15, -0.1) is 0 Å². The number of hydrogen-bond donors (Lipinski definition) is 4. The fourth-order valence-corrected chi connectivity index (χ4v) is 3.50. The number of amides is 1. The maximum Gasteiger partial charge on any atom is 0.490 e. The lowest BCUT2D eigenvalue weighted by Crippen LogP contribution is -2.24. The number of rotatable bonds is 10. The van der Waals surface area contributed by atoms with E-state index in [1.54, 1.807) is 26.2 Å². The molecule has 216 valence electrons. The van der Waals surface area contributed by atoms with E-state index >= 15 is 0 Å². The molecule has 3 aromatic rings. The number of hydrogen-bond acceptors (Lipinski definition) is 6. The molecule has 1 amide bonds. The number of carboxylic acid groups (broad SMARTS) is 1. The number of H-pyrrole nitrogens is 1. The van der Waals surface area contributed by atoms with Crippen molar-refractivity contribution in [2.75, 3.05) is 19.0 Å². The minimum absolute atomic E-state index is 0.227. The van der Waals surface area contributed by atoms with Gasteiger partial charge in [0.05, 0.1) is 25.8 Å². The number of benzene rings is 2. The summed E-state index contributed by atoms with van der Waals surface area (Å²) in [6.07, 6.45) is -4.62. The zero-order chi connectivity index (χ0) is 29.9. The molecule has 3 rings (SSSR count). The second-order valence-electron chi connectivity index (χ2n) is 8.10. The van der Waals surface area contributed by atoms with Gasteiger partial charge in [-0.25, -0.2) is 14.0 Å². The van der Waals surface area contributed by atoms with Gasteiger partial charge in [-0.05, 0) is 60.9 Å². The molecule has 0 radical (unpaired) electrons. The number of alkyl halides is 3. The molecule has 0 aliphatic carbocycles. The van der Waals surface area contributed by atoms with E-state index in [9.17, 15) is 27.2 Å². The molecule has 0 aliphatic rings. The van der Waals surface area contributed by atoms with E-state index in [4.69, 9.17) is 19.4 Å². The van der Waals surface area contributed by atoms with Crippen molar-refractivity contribution in [3.8, 4) is 5.75 Å². The van der Waals surface area contributed by atoms with Crippen LogP contribution in [-0.2, 0) is 29.0 Å². The van der Waals surface area contributed by atoms with Crippen molar-refractivity contribution in [1.29, 1.82) is 0 Å². The van der Waals surface area contributed by atoms with Gasteiger partial charge in [0.2, 0.25) is 0 Å². The molecule has 0 bridgehead atoms. The van der Waals surface area contributed by atoms with Crippen LogP contribution in [0.25, 0.3) is 0 Å². The van der Waals surface area contributed by atoms with E-state index < -0.39 is 18.1 Å². The summed E-state index contributed by atoms with van der Waals surface area (Å²) < 4.78 is 55.3. The van der Waals surface area contributed by atoms with Gasteiger partial charge in [0.25, 0.3) is 5.91 Å². The van der Waals surface area contributed by atoms with Gasteiger partial charge in [0.15, 0.2) is 0 Å². The predicted molar refractivity (Wildman–Crippen MR) is 138 cm³/mol. The number of aromatic nitrogens is 1. The Labute approximate surface area is 227 Å². The Balaban J connectivity index is 0.000000708. The molecular weight excluding hydrogens is 538 g/mol. The van der Waals surface area contributed by atoms with Crippen molar-refractivity contribution in [1.82, 2.24) is 10.3 Å². The Morgan fingerprint density at radius 3 is 2.08 bits per heavy atom. The SMILES string of the molecule is CCOC(=O)c1c(CNc2ccc(OC)cc2)[nH]c(C(=O)NCc2ccc(F)cc2)c1CC.O=C(O)C(F)(F)F. The summed E-state index contributed by atoms with van der Waals surface area (Å²) in [5.41, 5.74) is 3.44. The van der Waals surface area contributed by atoms with Gasteiger partial charge < -0.3 is 30.2 Å². The largest absolute Gasteiger partial charge is 0.497 e. The molecule has 2 aromatic carbocycles. The van der Waals surface area contributed by atoms with E-state index in [0.717, 1.165) is 17.0 Å². The minimum atomic E-state index is -5.08. The van der Waals surface area contributed by atoms with Gasteiger partial charge in [-0.3, -0.25) is 4.79 Å². The number of halogens is 4. The fraction of sp³-hybridized carbons (Fsp3) is 0.296. The molecular formula is C27H29F4N3O6. The third-order valence-electron chi connectivity index (χ3n) is 5.41. The van der Waals surface area contributed by atoms with Crippen molar-refractivity contribution >= 4 is 23.5 Å². The molecule has 1 heterocycles. The molecule has 9 nitrogen and oxygen atoms in total. The molecule has 0 spiro atoms. The summed E-state index contributed by atoms with van der Waals surface area (Å²) >= 11 is 0. The Morgan fingerprint density at radius 2 is 1.57 bits per heavy atom. The number of nitrogens with one attached hydrogen (secondary N) is 3. The fourth-order valence-electron chi connectivity index (χ4n) is 3.50.